The van der Waals surface area contributed by atoms with E-state index in [9.17, 15) is 23.1 Å². The average molecular weight is 501 g/mol. The molecule has 0 radical (unpaired) electrons. The van der Waals surface area contributed by atoms with Gasteiger partial charge in [-0.05, 0) is 53.9 Å². The lowest BCUT2D eigenvalue weighted by Gasteiger charge is -2.10. The largest absolute Gasteiger partial charge is 0.478 e. The van der Waals surface area contributed by atoms with Crippen LogP contribution < -0.4 is 5.32 Å². The van der Waals surface area contributed by atoms with Gasteiger partial charge >= 0.3 is 5.97 Å². The number of nitrogens with zero attached hydrogens (tertiary/aromatic N) is 1. The fourth-order valence-electron chi connectivity index (χ4n) is 3.77. The molecule has 0 atom stereocenters. The summed E-state index contributed by atoms with van der Waals surface area (Å²) in [4.78, 5) is 28.4. The lowest BCUT2D eigenvalue weighted by molar-refractivity contribution is 0.0695. The Morgan fingerprint density at radius 3 is 2.17 bits per heavy atom. The first-order valence-electron chi connectivity index (χ1n) is 11.2. The molecule has 8 heteroatoms. The van der Waals surface area contributed by atoms with E-state index in [1.807, 2.05) is 18.2 Å². The highest BCUT2D eigenvalue weighted by molar-refractivity contribution is 7.89. The number of nitrogens with one attached hydrogen (secondary N) is 1. The van der Waals surface area contributed by atoms with E-state index in [-0.39, 0.29) is 23.0 Å². The molecule has 0 aliphatic rings. The number of rotatable bonds is 8. The van der Waals surface area contributed by atoms with Gasteiger partial charge in [-0.3, -0.25) is 9.78 Å². The second-order valence-electron chi connectivity index (χ2n) is 8.41. The summed E-state index contributed by atoms with van der Waals surface area (Å²) in [5.41, 5.74) is 4.06. The molecule has 1 amide bonds. The van der Waals surface area contributed by atoms with Crippen LogP contribution >= 0.6 is 0 Å². The van der Waals surface area contributed by atoms with Crippen molar-refractivity contribution in [3.63, 3.8) is 0 Å². The number of sulfone groups is 1. The highest BCUT2D eigenvalue weighted by atomic mass is 32.2. The van der Waals surface area contributed by atoms with Gasteiger partial charge in [-0.1, -0.05) is 54.6 Å². The highest BCUT2D eigenvalue weighted by Crippen LogP contribution is 2.23. The van der Waals surface area contributed by atoms with Crippen LogP contribution in [0.3, 0.4) is 0 Å². The molecule has 0 saturated carbocycles. The molecule has 0 bridgehead atoms. The maximum Gasteiger partial charge on any atom is 0.337 e. The van der Waals surface area contributed by atoms with E-state index in [1.54, 1.807) is 73.8 Å². The zero-order chi connectivity index (χ0) is 25.7. The predicted octanol–water partition coefficient (Wildman–Crippen LogP) is 5.12. The molecule has 4 rings (SSSR count). The van der Waals surface area contributed by atoms with E-state index in [4.69, 9.17) is 0 Å². The number of amides is 1. The van der Waals surface area contributed by atoms with Crippen LogP contribution in [0.4, 0.5) is 5.69 Å². The van der Waals surface area contributed by atoms with Gasteiger partial charge in [-0.15, -0.1) is 0 Å². The third kappa shape index (κ3) is 6.22. The molecule has 4 aromatic rings. The minimum absolute atomic E-state index is 0.0346. The molecule has 0 fully saturated rings. The molecule has 0 aliphatic carbocycles. The first-order valence-corrected chi connectivity index (χ1v) is 13.0. The van der Waals surface area contributed by atoms with Crippen molar-refractivity contribution in [2.75, 3.05) is 5.32 Å². The quantitative estimate of drug-likeness (QED) is 0.347. The van der Waals surface area contributed by atoms with Crippen LogP contribution in [0.15, 0.2) is 91.1 Å². The van der Waals surface area contributed by atoms with Gasteiger partial charge < -0.3 is 10.4 Å². The van der Waals surface area contributed by atoms with Gasteiger partial charge in [0.2, 0.25) is 0 Å². The van der Waals surface area contributed by atoms with E-state index in [0.717, 1.165) is 5.56 Å². The lowest BCUT2D eigenvalue weighted by atomic mass is 10.0. The molecule has 182 valence electrons. The van der Waals surface area contributed by atoms with Crippen molar-refractivity contribution in [1.82, 2.24) is 4.98 Å². The van der Waals surface area contributed by atoms with Crippen LogP contribution in [0.1, 0.15) is 37.5 Å². The molecule has 2 N–H and O–H groups in total. The van der Waals surface area contributed by atoms with Crippen LogP contribution in [0.25, 0.3) is 11.1 Å². The molecular formula is C28H24N2O5S. The van der Waals surface area contributed by atoms with Gasteiger partial charge in [0.15, 0.2) is 9.84 Å². The Hall–Kier alpha value is -4.30. The van der Waals surface area contributed by atoms with Crippen molar-refractivity contribution < 1.29 is 23.1 Å². The summed E-state index contributed by atoms with van der Waals surface area (Å²) in [7, 11) is -3.34. The standard InChI is InChI=1S/C28H24N2O5S/c1-19-26(28(32)33)15-24(16-29-19)22-8-5-9-23(14-22)27(31)30-25-12-10-21(11-13-25)18-36(34,35)17-20-6-3-2-4-7-20/h2-16H,17-18H2,1H3,(H,30,31)(H,32,33). The number of benzene rings is 3. The third-order valence-electron chi connectivity index (χ3n) is 5.60. The smallest absolute Gasteiger partial charge is 0.337 e. The van der Waals surface area contributed by atoms with Gasteiger partial charge in [0.25, 0.3) is 5.91 Å². The van der Waals surface area contributed by atoms with E-state index < -0.39 is 15.8 Å². The minimum atomic E-state index is -3.34. The van der Waals surface area contributed by atoms with Gasteiger partial charge in [-0.25, -0.2) is 13.2 Å². The van der Waals surface area contributed by atoms with Gasteiger partial charge in [0.05, 0.1) is 22.8 Å². The molecule has 1 aromatic heterocycles. The van der Waals surface area contributed by atoms with Gasteiger partial charge in [0.1, 0.15) is 0 Å². The average Bonchev–Trinajstić information content (AvgIpc) is 2.85. The predicted molar refractivity (Wildman–Crippen MR) is 139 cm³/mol. The summed E-state index contributed by atoms with van der Waals surface area (Å²) in [5, 5.41) is 12.2. The van der Waals surface area contributed by atoms with E-state index in [2.05, 4.69) is 10.3 Å². The Kier molecular flexibility index (Phi) is 7.26. The molecule has 0 saturated heterocycles. The third-order valence-corrected chi connectivity index (χ3v) is 7.15. The Morgan fingerprint density at radius 2 is 1.50 bits per heavy atom. The number of hydrogen-bond acceptors (Lipinski definition) is 5. The summed E-state index contributed by atoms with van der Waals surface area (Å²) in [6, 6.07) is 24.1. The van der Waals surface area contributed by atoms with Crippen LogP contribution in [0.5, 0.6) is 0 Å². The van der Waals surface area contributed by atoms with Crippen LogP contribution in [-0.2, 0) is 21.3 Å². The van der Waals surface area contributed by atoms with Crippen LogP contribution in [-0.4, -0.2) is 30.4 Å². The molecule has 0 spiro atoms. The molecule has 3 aromatic carbocycles. The molecular weight excluding hydrogens is 476 g/mol. The zero-order valence-electron chi connectivity index (χ0n) is 19.5. The van der Waals surface area contributed by atoms with Gasteiger partial charge in [0, 0.05) is 23.0 Å². The first kappa shape index (κ1) is 24.8. The second-order valence-corrected chi connectivity index (χ2v) is 10.5. The normalized spacial score (nSPS) is 11.1. The summed E-state index contributed by atoms with van der Waals surface area (Å²) in [5.74, 6) is -1.54. The lowest BCUT2D eigenvalue weighted by Crippen LogP contribution is -2.12. The number of aromatic nitrogens is 1. The number of carbonyl (C=O) groups is 2. The van der Waals surface area contributed by atoms with E-state index >= 15 is 0 Å². The number of pyridine rings is 1. The van der Waals surface area contributed by atoms with Crippen molar-refractivity contribution in [3.05, 3.63) is 119 Å². The Morgan fingerprint density at radius 1 is 0.833 bits per heavy atom. The maximum absolute atomic E-state index is 12.8. The fourth-order valence-corrected chi connectivity index (χ4v) is 5.27. The summed E-state index contributed by atoms with van der Waals surface area (Å²) in [6.07, 6.45) is 1.57. The fraction of sp³-hybridized carbons (Fsp3) is 0.107. The van der Waals surface area contributed by atoms with Crippen molar-refractivity contribution in [2.24, 2.45) is 0 Å². The first-order chi connectivity index (χ1) is 17.2. The monoisotopic (exact) mass is 500 g/mol. The molecule has 1 heterocycles. The van der Waals surface area contributed by atoms with Crippen LogP contribution in [0, 0.1) is 6.92 Å². The highest BCUT2D eigenvalue weighted by Gasteiger charge is 2.15. The summed E-state index contributed by atoms with van der Waals surface area (Å²) >= 11 is 0. The number of carbonyl (C=O) groups excluding carboxylic acids is 1. The van der Waals surface area contributed by atoms with E-state index in [0.29, 0.717) is 33.6 Å². The topological polar surface area (TPSA) is 113 Å². The number of anilines is 1. The molecule has 0 aliphatic heterocycles. The van der Waals surface area contributed by atoms with Crippen molar-refractivity contribution in [3.8, 4) is 11.1 Å². The minimum Gasteiger partial charge on any atom is -0.478 e. The number of carboxylic acid groups (broad SMARTS) is 1. The number of aromatic carboxylic acids is 1. The molecule has 0 unspecified atom stereocenters. The van der Waals surface area contributed by atoms with Gasteiger partial charge in [-0.2, -0.15) is 0 Å². The molecule has 7 nitrogen and oxygen atoms in total. The Bertz CT molecular complexity index is 1520. The Balaban J connectivity index is 1.44. The molecule has 36 heavy (non-hydrogen) atoms. The summed E-state index contributed by atoms with van der Waals surface area (Å²) in [6.45, 7) is 1.63. The number of hydrogen-bond donors (Lipinski definition) is 2. The zero-order valence-corrected chi connectivity index (χ0v) is 20.3. The second kappa shape index (κ2) is 10.5. The Labute approximate surface area is 209 Å². The van der Waals surface area contributed by atoms with Crippen LogP contribution in [0.2, 0.25) is 0 Å². The maximum atomic E-state index is 12.8. The summed E-state index contributed by atoms with van der Waals surface area (Å²) < 4.78 is 25.1. The van der Waals surface area contributed by atoms with Crippen molar-refractivity contribution in [1.29, 1.82) is 0 Å². The SMILES string of the molecule is Cc1ncc(-c2cccc(C(=O)Nc3ccc(CS(=O)(=O)Cc4ccccc4)cc3)c2)cc1C(=O)O. The number of carboxylic acids is 1. The van der Waals surface area contributed by atoms with E-state index in [1.165, 1.54) is 6.07 Å². The van der Waals surface area contributed by atoms with Crippen molar-refractivity contribution in [2.45, 2.75) is 18.4 Å². The van der Waals surface area contributed by atoms with Crippen molar-refractivity contribution >= 4 is 27.4 Å². The number of aryl methyl sites for hydroxylation is 1.